The van der Waals surface area contributed by atoms with Crippen LogP contribution >= 0.6 is 11.8 Å². The normalized spacial score (nSPS) is 24.9. The van der Waals surface area contributed by atoms with Gasteiger partial charge in [-0.05, 0) is 44.1 Å². The van der Waals surface area contributed by atoms with Gasteiger partial charge >= 0.3 is 5.97 Å². The highest BCUT2D eigenvalue weighted by molar-refractivity contribution is 7.99. The van der Waals surface area contributed by atoms with Gasteiger partial charge in [0.2, 0.25) is 0 Å². The molecule has 15 heavy (non-hydrogen) atoms. The Balaban J connectivity index is 2.01. The van der Waals surface area contributed by atoms with Gasteiger partial charge in [0, 0.05) is 6.04 Å². The van der Waals surface area contributed by atoms with Crippen LogP contribution in [0.4, 0.5) is 0 Å². The highest BCUT2D eigenvalue weighted by atomic mass is 32.2. The van der Waals surface area contributed by atoms with Gasteiger partial charge in [0.05, 0.1) is 6.61 Å². The van der Waals surface area contributed by atoms with Crippen molar-refractivity contribution in [2.45, 2.75) is 44.2 Å². The predicted molar refractivity (Wildman–Crippen MR) is 62.1 cm³/mol. The van der Waals surface area contributed by atoms with Crippen molar-refractivity contribution in [3.05, 3.63) is 0 Å². The average Bonchev–Trinajstić information content (AvgIpc) is 3.03. The molecular formula is C11H19NO2S. The molecule has 0 spiro atoms. The lowest BCUT2D eigenvalue weighted by Crippen LogP contribution is -2.56. The SMILES string of the molecule is CCOC(=O)C1(NC2CC2)CCSCC1. The Labute approximate surface area is 95.3 Å². The summed E-state index contributed by atoms with van der Waals surface area (Å²) in [6, 6.07) is 0.567. The van der Waals surface area contributed by atoms with Crippen molar-refractivity contribution in [2.24, 2.45) is 0 Å². The predicted octanol–water partition coefficient (Wildman–Crippen LogP) is 1.57. The maximum Gasteiger partial charge on any atom is 0.326 e. The van der Waals surface area contributed by atoms with E-state index < -0.39 is 0 Å². The Morgan fingerprint density at radius 2 is 2.13 bits per heavy atom. The van der Waals surface area contributed by atoms with Crippen LogP contribution in [0.5, 0.6) is 0 Å². The van der Waals surface area contributed by atoms with Gasteiger partial charge in [0.15, 0.2) is 0 Å². The summed E-state index contributed by atoms with van der Waals surface area (Å²) in [7, 11) is 0. The number of thioether (sulfide) groups is 1. The van der Waals surface area contributed by atoms with Gasteiger partial charge in [-0.1, -0.05) is 0 Å². The van der Waals surface area contributed by atoms with E-state index >= 15 is 0 Å². The van der Waals surface area contributed by atoms with Gasteiger partial charge < -0.3 is 4.74 Å². The van der Waals surface area contributed by atoms with Crippen molar-refractivity contribution in [3.8, 4) is 0 Å². The molecular weight excluding hydrogens is 210 g/mol. The molecule has 2 fully saturated rings. The fourth-order valence-electron chi connectivity index (χ4n) is 2.01. The molecule has 1 saturated carbocycles. The molecule has 2 aliphatic rings. The number of nitrogens with one attached hydrogen (secondary N) is 1. The van der Waals surface area contributed by atoms with Crippen molar-refractivity contribution in [1.82, 2.24) is 5.32 Å². The minimum atomic E-state index is -0.359. The maximum atomic E-state index is 12.0. The van der Waals surface area contributed by atoms with Crippen molar-refractivity contribution < 1.29 is 9.53 Å². The van der Waals surface area contributed by atoms with Gasteiger partial charge in [-0.3, -0.25) is 10.1 Å². The number of ether oxygens (including phenoxy) is 1. The molecule has 0 bridgehead atoms. The van der Waals surface area contributed by atoms with Crippen LogP contribution in [-0.4, -0.2) is 35.7 Å². The molecule has 3 nitrogen and oxygen atoms in total. The van der Waals surface area contributed by atoms with Crippen molar-refractivity contribution in [2.75, 3.05) is 18.1 Å². The van der Waals surface area contributed by atoms with Crippen LogP contribution in [0.2, 0.25) is 0 Å². The van der Waals surface area contributed by atoms with E-state index in [0.29, 0.717) is 12.6 Å². The van der Waals surface area contributed by atoms with Crippen LogP contribution in [0.3, 0.4) is 0 Å². The third-order valence-electron chi connectivity index (χ3n) is 3.07. The molecule has 0 amide bonds. The first-order valence-corrected chi connectivity index (χ1v) is 6.95. The van der Waals surface area contributed by atoms with Crippen molar-refractivity contribution in [1.29, 1.82) is 0 Å². The molecule has 1 heterocycles. The zero-order chi connectivity index (χ0) is 10.7. The van der Waals surface area contributed by atoms with E-state index in [4.69, 9.17) is 4.74 Å². The van der Waals surface area contributed by atoms with E-state index in [1.807, 2.05) is 18.7 Å². The fourth-order valence-corrected chi connectivity index (χ4v) is 3.20. The van der Waals surface area contributed by atoms with Crippen LogP contribution in [0.1, 0.15) is 32.6 Å². The molecule has 0 aromatic rings. The molecule has 0 aromatic heterocycles. The summed E-state index contributed by atoms with van der Waals surface area (Å²) < 4.78 is 5.20. The Bertz CT molecular complexity index is 235. The lowest BCUT2D eigenvalue weighted by atomic mass is 9.92. The van der Waals surface area contributed by atoms with Gasteiger partial charge in [0.25, 0.3) is 0 Å². The Kier molecular flexibility index (Phi) is 3.57. The molecule has 0 aromatic carbocycles. The number of carbonyl (C=O) groups excluding carboxylic acids is 1. The summed E-state index contributed by atoms with van der Waals surface area (Å²) in [5.74, 6) is 2.11. The minimum absolute atomic E-state index is 0.0304. The monoisotopic (exact) mass is 229 g/mol. The van der Waals surface area contributed by atoms with Crippen LogP contribution in [0.25, 0.3) is 0 Å². The molecule has 86 valence electrons. The highest BCUT2D eigenvalue weighted by Crippen LogP contribution is 2.32. The van der Waals surface area contributed by atoms with Gasteiger partial charge in [-0.25, -0.2) is 0 Å². The molecule has 1 saturated heterocycles. The number of hydrogen-bond acceptors (Lipinski definition) is 4. The zero-order valence-electron chi connectivity index (χ0n) is 9.25. The van der Waals surface area contributed by atoms with Gasteiger partial charge in [-0.15, -0.1) is 0 Å². The molecule has 4 heteroatoms. The number of carbonyl (C=O) groups is 1. The van der Waals surface area contributed by atoms with Gasteiger partial charge in [-0.2, -0.15) is 11.8 Å². The Hall–Kier alpha value is -0.220. The first kappa shape index (κ1) is 11.3. The largest absolute Gasteiger partial charge is 0.465 e. The molecule has 1 N–H and O–H groups in total. The molecule has 1 aliphatic heterocycles. The van der Waals surface area contributed by atoms with Crippen molar-refractivity contribution >= 4 is 17.7 Å². The van der Waals surface area contributed by atoms with E-state index in [-0.39, 0.29) is 11.5 Å². The zero-order valence-corrected chi connectivity index (χ0v) is 10.1. The first-order chi connectivity index (χ1) is 7.27. The number of esters is 1. The number of hydrogen-bond donors (Lipinski definition) is 1. The van der Waals surface area contributed by atoms with Crippen molar-refractivity contribution in [3.63, 3.8) is 0 Å². The smallest absolute Gasteiger partial charge is 0.326 e. The Morgan fingerprint density at radius 1 is 1.47 bits per heavy atom. The second-order valence-electron chi connectivity index (χ2n) is 4.33. The van der Waals surface area contributed by atoms with E-state index in [1.165, 1.54) is 12.8 Å². The quantitative estimate of drug-likeness (QED) is 0.743. The Morgan fingerprint density at radius 3 is 2.67 bits per heavy atom. The molecule has 2 rings (SSSR count). The third-order valence-corrected chi connectivity index (χ3v) is 4.06. The third kappa shape index (κ3) is 2.67. The van der Waals surface area contributed by atoms with Crippen LogP contribution in [0, 0.1) is 0 Å². The standard InChI is InChI=1S/C11H19NO2S/c1-2-14-10(13)11(12-9-3-4-9)5-7-15-8-6-11/h9,12H,2-8H2,1H3. The van der Waals surface area contributed by atoms with E-state index in [0.717, 1.165) is 24.3 Å². The molecule has 1 aliphatic carbocycles. The summed E-state index contributed by atoms with van der Waals surface area (Å²) in [6.45, 7) is 2.36. The summed E-state index contributed by atoms with van der Waals surface area (Å²) in [5, 5.41) is 3.50. The maximum absolute atomic E-state index is 12.0. The fraction of sp³-hybridized carbons (Fsp3) is 0.909. The highest BCUT2D eigenvalue weighted by Gasteiger charge is 2.44. The molecule has 0 atom stereocenters. The lowest BCUT2D eigenvalue weighted by Gasteiger charge is -2.35. The van der Waals surface area contributed by atoms with Crippen LogP contribution in [0.15, 0.2) is 0 Å². The van der Waals surface area contributed by atoms with E-state index in [9.17, 15) is 4.79 Å². The molecule has 0 unspecified atom stereocenters. The summed E-state index contributed by atoms with van der Waals surface area (Å²) in [6.07, 6.45) is 4.28. The summed E-state index contributed by atoms with van der Waals surface area (Å²) in [4.78, 5) is 12.0. The van der Waals surface area contributed by atoms with Gasteiger partial charge in [0.1, 0.15) is 5.54 Å². The van der Waals surface area contributed by atoms with Crippen LogP contribution in [-0.2, 0) is 9.53 Å². The summed E-state index contributed by atoms with van der Waals surface area (Å²) in [5.41, 5.74) is -0.359. The molecule has 0 radical (unpaired) electrons. The van der Waals surface area contributed by atoms with E-state index in [1.54, 1.807) is 0 Å². The number of rotatable bonds is 4. The lowest BCUT2D eigenvalue weighted by molar-refractivity contribution is -0.151. The second kappa shape index (κ2) is 4.74. The topological polar surface area (TPSA) is 38.3 Å². The summed E-state index contributed by atoms with van der Waals surface area (Å²) >= 11 is 1.93. The average molecular weight is 229 g/mol. The van der Waals surface area contributed by atoms with E-state index in [2.05, 4.69) is 5.32 Å². The first-order valence-electron chi connectivity index (χ1n) is 5.79. The second-order valence-corrected chi connectivity index (χ2v) is 5.56. The minimum Gasteiger partial charge on any atom is -0.465 e. The van der Waals surface area contributed by atoms with Crippen LogP contribution < -0.4 is 5.32 Å².